The maximum absolute atomic E-state index is 12.4. The van der Waals surface area contributed by atoms with Crippen LogP contribution in [0.4, 0.5) is 0 Å². The molecule has 1 unspecified atom stereocenters. The molecule has 0 aliphatic carbocycles. The molecule has 0 saturated carbocycles. The van der Waals surface area contributed by atoms with Gasteiger partial charge in [-0.05, 0) is 31.6 Å². The van der Waals surface area contributed by atoms with Crippen LogP contribution in [0.3, 0.4) is 0 Å². The van der Waals surface area contributed by atoms with E-state index in [9.17, 15) is 9.59 Å². The molecule has 0 N–H and O–H groups in total. The number of hydrogen-bond acceptors (Lipinski definition) is 3. The maximum atomic E-state index is 12.4. The number of epoxide rings is 1. The van der Waals surface area contributed by atoms with Crippen molar-refractivity contribution in [3.8, 4) is 0 Å². The lowest BCUT2D eigenvalue weighted by molar-refractivity contribution is -0.133. The molecule has 3 rings (SSSR count). The monoisotopic (exact) mass is 251 g/mol. The first-order valence-electron chi connectivity index (χ1n) is 7.11. The standard InChI is InChI=1S/C14H21NO3/c1-10-8-11(16)14-5-3-7-15(13(17)9-10)6-2-4-12(14)18-14/h10,12H,2-9H2,1H3/t10?,12-,14-/m1/s1. The molecule has 18 heavy (non-hydrogen) atoms. The zero-order valence-corrected chi connectivity index (χ0v) is 11.0. The van der Waals surface area contributed by atoms with Crippen LogP contribution in [0.1, 0.15) is 45.4 Å². The van der Waals surface area contributed by atoms with Crippen molar-refractivity contribution >= 4 is 11.7 Å². The summed E-state index contributed by atoms with van der Waals surface area (Å²) in [7, 11) is 0. The highest BCUT2D eigenvalue weighted by molar-refractivity contribution is 5.91. The maximum Gasteiger partial charge on any atom is 0.222 e. The highest BCUT2D eigenvalue weighted by Gasteiger charge is 2.60. The molecule has 0 aromatic carbocycles. The van der Waals surface area contributed by atoms with Crippen molar-refractivity contribution in [1.29, 1.82) is 0 Å². The van der Waals surface area contributed by atoms with E-state index in [1.54, 1.807) is 0 Å². The Morgan fingerprint density at radius 2 is 2.00 bits per heavy atom. The third-order valence-electron chi connectivity index (χ3n) is 4.57. The predicted molar refractivity (Wildman–Crippen MR) is 66.1 cm³/mol. The van der Waals surface area contributed by atoms with E-state index in [2.05, 4.69) is 0 Å². The van der Waals surface area contributed by atoms with Gasteiger partial charge in [0.05, 0.1) is 6.10 Å². The van der Waals surface area contributed by atoms with Gasteiger partial charge in [-0.1, -0.05) is 6.92 Å². The van der Waals surface area contributed by atoms with Gasteiger partial charge in [-0.25, -0.2) is 0 Å². The zero-order valence-electron chi connectivity index (χ0n) is 11.0. The molecule has 0 radical (unpaired) electrons. The van der Waals surface area contributed by atoms with E-state index in [4.69, 9.17) is 4.74 Å². The molecule has 0 aromatic heterocycles. The molecule has 1 spiro atoms. The fourth-order valence-corrected chi connectivity index (χ4v) is 3.47. The zero-order chi connectivity index (χ0) is 12.8. The Balaban J connectivity index is 1.87. The summed E-state index contributed by atoms with van der Waals surface area (Å²) in [6, 6.07) is 0. The number of Topliss-reactive ketones (excluding diaryl/α,β-unsaturated/α-hetero) is 1. The Kier molecular flexibility index (Phi) is 2.93. The highest BCUT2D eigenvalue weighted by atomic mass is 16.6. The summed E-state index contributed by atoms with van der Waals surface area (Å²) in [5.74, 6) is 0.608. The second kappa shape index (κ2) is 4.34. The molecular weight excluding hydrogens is 230 g/mol. The van der Waals surface area contributed by atoms with Gasteiger partial charge in [0, 0.05) is 25.9 Å². The normalized spacial score (nSPS) is 41.1. The van der Waals surface area contributed by atoms with Gasteiger partial charge in [-0.2, -0.15) is 0 Å². The Morgan fingerprint density at radius 3 is 2.83 bits per heavy atom. The van der Waals surface area contributed by atoms with Crippen LogP contribution in [0, 0.1) is 5.92 Å². The van der Waals surface area contributed by atoms with Crippen molar-refractivity contribution in [2.45, 2.75) is 57.2 Å². The van der Waals surface area contributed by atoms with Crippen molar-refractivity contribution in [3.63, 3.8) is 0 Å². The number of rotatable bonds is 0. The fourth-order valence-electron chi connectivity index (χ4n) is 3.47. The van der Waals surface area contributed by atoms with Crippen molar-refractivity contribution in [3.05, 3.63) is 0 Å². The molecule has 3 saturated heterocycles. The Morgan fingerprint density at radius 1 is 1.22 bits per heavy atom. The number of amides is 1. The first-order valence-corrected chi connectivity index (χ1v) is 7.11. The van der Waals surface area contributed by atoms with Gasteiger partial charge < -0.3 is 9.64 Å². The van der Waals surface area contributed by atoms with Crippen LogP contribution in [0.5, 0.6) is 0 Å². The summed E-state index contributed by atoms with van der Waals surface area (Å²) in [6.07, 6.45) is 4.70. The molecule has 4 heteroatoms. The van der Waals surface area contributed by atoms with Crippen molar-refractivity contribution < 1.29 is 14.3 Å². The predicted octanol–water partition coefficient (Wildman–Crippen LogP) is 1.53. The molecule has 100 valence electrons. The van der Waals surface area contributed by atoms with Crippen LogP contribution in [0.25, 0.3) is 0 Å². The molecule has 3 atom stereocenters. The third kappa shape index (κ3) is 1.96. The van der Waals surface area contributed by atoms with Crippen molar-refractivity contribution in [1.82, 2.24) is 4.90 Å². The number of carbonyl (C=O) groups is 2. The lowest BCUT2D eigenvalue weighted by Crippen LogP contribution is -2.36. The number of nitrogens with zero attached hydrogens (tertiary/aromatic N) is 1. The van der Waals surface area contributed by atoms with E-state index in [1.807, 2.05) is 11.8 Å². The van der Waals surface area contributed by atoms with E-state index in [0.29, 0.717) is 12.8 Å². The van der Waals surface area contributed by atoms with E-state index in [0.717, 1.165) is 38.8 Å². The minimum absolute atomic E-state index is 0.130. The van der Waals surface area contributed by atoms with Gasteiger partial charge in [-0.3, -0.25) is 9.59 Å². The largest absolute Gasteiger partial charge is 0.358 e. The lowest BCUT2D eigenvalue weighted by Gasteiger charge is -2.25. The van der Waals surface area contributed by atoms with Crippen molar-refractivity contribution in [2.24, 2.45) is 5.92 Å². The van der Waals surface area contributed by atoms with Gasteiger partial charge in [0.1, 0.15) is 0 Å². The summed E-state index contributed by atoms with van der Waals surface area (Å²) in [6.45, 7) is 3.62. The van der Waals surface area contributed by atoms with Gasteiger partial charge in [0.15, 0.2) is 11.4 Å². The fraction of sp³-hybridized carbons (Fsp3) is 0.857. The molecule has 2 bridgehead atoms. The molecular formula is C14H21NO3. The summed E-state index contributed by atoms with van der Waals surface area (Å²) < 4.78 is 5.78. The number of ether oxygens (including phenoxy) is 1. The Labute approximate surface area is 108 Å². The molecule has 3 fully saturated rings. The minimum Gasteiger partial charge on any atom is -0.358 e. The average molecular weight is 251 g/mol. The van der Waals surface area contributed by atoms with Gasteiger partial charge in [0.25, 0.3) is 0 Å². The van der Waals surface area contributed by atoms with Crippen LogP contribution in [-0.4, -0.2) is 41.4 Å². The van der Waals surface area contributed by atoms with E-state index < -0.39 is 5.60 Å². The summed E-state index contributed by atoms with van der Waals surface area (Å²) in [4.78, 5) is 26.5. The van der Waals surface area contributed by atoms with Crippen LogP contribution >= 0.6 is 0 Å². The van der Waals surface area contributed by atoms with Gasteiger partial charge in [0.2, 0.25) is 5.91 Å². The molecule has 4 nitrogen and oxygen atoms in total. The topological polar surface area (TPSA) is 49.9 Å². The Bertz CT molecular complexity index is 381. The second-order valence-corrected chi connectivity index (χ2v) is 6.06. The average Bonchev–Trinajstić information content (AvgIpc) is 2.99. The molecule has 3 aliphatic rings. The van der Waals surface area contributed by atoms with Crippen LogP contribution in [0.2, 0.25) is 0 Å². The van der Waals surface area contributed by atoms with Crippen LogP contribution < -0.4 is 0 Å². The Hall–Kier alpha value is -0.900. The molecule has 3 aliphatic heterocycles. The first-order chi connectivity index (χ1) is 8.62. The van der Waals surface area contributed by atoms with E-state index in [1.165, 1.54) is 0 Å². The molecule has 0 aromatic rings. The summed E-state index contributed by atoms with van der Waals surface area (Å²) in [5, 5.41) is 0. The molecule has 3 heterocycles. The van der Waals surface area contributed by atoms with Crippen LogP contribution in [0.15, 0.2) is 0 Å². The van der Waals surface area contributed by atoms with Gasteiger partial charge in [-0.15, -0.1) is 0 Å². The van der Waals surface area contributed by atoms with E-state index in [-0.39, 0.29) is 23.7 Å². The summed E-state index contributed by atoms with van der Waals surface area (Å²) >= 11 is 0. The minimum atomic E-state index is -0.468. The second-order valence-electron chi connectivity index (χ2n) is 6.06. The van der Waals surface area contributed by atoms with E-state index >= 15 is 0 Å². The molecule has 1 amide bonds. The smallest absolute Gasteiger partial charge is 0.222 e. The van der Waals surface area contributed by atoms with Crippen molar-refractivity contribution in [2.75, 3.05) is 13.1 Å². The summed E-state index contributed by atoms with van der Waals surface area (Å²) in [5.41, 5.74) is -0.468. The van der Waals surface area contributed by atoms with Gasteiger partial charge >= 0.3 is 0 Å². The highest BCUT2D eigenvalue weighted by Crippen LogP contribution is 2.46. The number of carbonyl (C=O) groups excluding carboxylic acids is 2. The number of fused-ring (bicyclic) bond motifs is 3. The lowest BCUT2D eigenvalue weighted by atomic mass is 9.86. The number of ketones is 1. The number of hydrogen-bond donors (Lipinski definition) is 0. The quantitative estimate of drug-likeness (QED) is 0.613. The van der Waals surface area contributed by atoms with Crippen LogP contribution in [-0.2, 0) is 14.3 Å². The third-order valence-corrected chi connectivity index (χ3v) is 4.57. The SMILES string of the molecule is CC1CC(=O)N2CCC[C@H]3O[C@]3(CCC2)C(=O)C1. The first kappa shape index (κ1) is 12.2.